The summed E-state index contributed by atoms with van der Waals surface area (Å²) in [6, 6.07) is 13.0. The van der Waals surface area contributed by atoms with Crippen LogP contribution in [-0.2, 0) is 70.4 Å². The fraction of sp³-hybridized carbons (Fsp3) is 0.567. The van der Waals surface area contributed by atoms with Gasteiger partial charge in [0.2, 0.25) is 35.4 Å². The number of non-ortho nitro benzene ring substituents is 1. The van der Waals surface area contributed by atoms with Gasteiger partial charge in [-0.3, -0.25) is 77.7 Å². The highest BCUT2D eigenvalue weighted by molar-refractivity contribution is 5.91. The normalized spacial score (nSPS) is 17.0. The van der Waals surface area contributed by atoms with Crippen LogP contribution in [-0.4, -0.2) is 261 Å². The van der Waals surface area contributed by atoms with Crippen molar-refractivity contribution in [1.82, 2.24) is 62.1 Å². The molecule has 0 unspecified atom stereocenters. The summed E-state index contributed by atoms with van der Waals surface area (Å²) < 4.78 is 0. The molecule has 14 N–H and O–H groups in total. The largest absolute Gasteiger partial charge is 0.481 e. The van der Waals surface area contributed by atoms with E-state index in [2.05, 4.69) is 42.5 Å². The van der Waals surface area contributed by atoms with Gasteiger partial charge in [-0.25, -0.2) is 14.4 Å². The first-order valence-electron chi connectivity index (χ1n) is 33.9. The number of carbonyl (C=O) groups excluding carboxylic acids is 7. The smallest absolute Gasteiger partial charge is 0.326 e. The standard InChI is InChI=1S/C67H95N13O21/c81-55(13-7-8-44-17-22-50(23-18-44)80(100)101)70-39-56(82)72-51(11-3-5-26-68-57(83)40-76-28-30-77(41-59(86)87)32-34-79(43-61(90)91)35-33-78(31-29-76)42-60(88)89)63(93)71-38-45-14-20-48(21-15-45)62(92)73-54(37-46-16-19-47-9-1-2-10-49(47)36-46)64(94)69-27-6-4-12-52(65(95)96)74-67(99)75-53(66(97)98)24-25-58(84)85/h1-2,9-10,16-19,22-23,36,45,48,51-54H,3-8,11-15,20-21,24-35,37-43H2,(H,68,83)(H,69,94)(H,70,81)(H,71,93)(H,72,82)(H,73,92)(H,84,85)(H,86,87)(H,88,89)(H,90,91)(H,95,96)(H,97,98)(H2,74,75,99)/t45?,48?,51-,52-,53-,54+/m0/s1. The number of carbonyl (C=O) groups is 13. The van der Waals surface area contributed by atoms with Crippen LogP contribution in [0.4, 0.5) is 10.5 Å². The first-order valence-corrected chi connectivity index (χ1v) is 33.9. The number of carboxylic acids is 6. The molecule has 34 nitrogen and oxygen atoms in total. The number of aliphatic carboxylic acids is 6. The number of fused-ring (bicyclic) bond motifs is 1. The number of nitrogens with zero attached hydrogens (tertiary/aromatic N) is 5. The number of benzene rings is 3. The fourth-order valence-electron chi connectivity index (χ4n) is 11.8. The molecule has 0 bridgehead atoms. The molecule has 3 aromatic carbocycles. The molecule has 101 heavy (non-hydrogen) atoms. The number of rotatable bonds is 41. The zero-order valence-electron chi connectivity index (χ0n) is 56.5. The van der Waals surface area contributed by atoms with Crippen molar-refractivity contribution in [2.75, 3.05) is 105 Å². The number of hydrogen-bond donors (Lipinski definition) is 14. The maximum Gasteiger partial charge on any atom is 0.326 e. The highest BCUT2D eigenvalue weighted by atomic mass is 16.6. The number of nitrogens with one attached hydrogen (secondary N) is 8. The van der Waals surface area contributed by atoms with Crippen molar-refractivity contribution < 1.29 is 97.9 Å². The third kappa shape index (κ3) is 32.3. The van der Waals surface area contributed by atoms with Gasteiger partial charge in [-0.2, -0.15) is 0 Å². The third-order valence-electron chi connectivity index (χ3n) is 17.5. The van der Waals surface area contributed by atoms with Gasteiger partial charge in [0.05, 0.1) is 37.6 Å². The molecule has 1 aliphatic heterocycles. The minimum Gasteiger partial charge on any atom is -0.481 e. The molecular formula is C67H95N13O21. The van der Waals surface area contributed by atoms with Gasteiger partial charge in [0.25, 0.3) is 5.69 Å². The Labute approximate surface area is 583 Å². The lowest BCUT2D eigenvalue weighted by molar-refractivity contribution is -0.384. The lowest BCUT2D eigenvalue weighted by atomic mass is 9.81. The maximum atomic E-state index is 14.1. The van der Waals surface area contributed by atoms with Gasteiger partial charge >= 0.3 is 41.8 Å². The second kappa shape index (κ2) is 43.6. The third-order valence-corrected chi connectivity index (χ3v) is 17.5. The molecule has 2 fully saturated rings. The van der Waals surface area contributed by atoms with Crippen molar-refractivity contribution in [2.24, 2.45) is 11.8 Å². The second-order valence-electron chi connectivity index (χ2n) is 25.3. The Morgan fingerprint density at radius 3 is 1.50 bits per heavy atom. The minimum absolute atomic E-state index is 0.0409. The van der Waals surface area contributed by atoms with E-state index in [1.165, 1.54) is 12.1 Å². The van der Waals surface area contributed by atoms with E-state index in [0.717, 1.165) is 21.9 Å². The predicted molar refractivity (Wildman–Crippen MR) is 363 cm³/mol. The Kier molecular flexibility index (Phi) is 35.3. The van der Waals surface area contributed by atoms with Gasteiger partial charge in [0.15, 0.2) is 0 Å². The van der Waals surface area contributed by atoms with Crippen molar-refractivity contribution in [1.29, 1.82) is 0 Å². The summed E-state index contributed by atoms with van der Waals surface area (Å²) in [5, 5.41) is 90.9. The van der Waals surface area contributed by atoms with Crippen molar-refractivity contribution >= 4 is 93.7 Å². The topological polar surface area (TPSA) is 496 Å². The van der Waals surface area contributed by atoms with Crippen molar-refractivity contribution in [3.8, 4) is 0 Å². The van der Waals surface area contributed by atoms with Crippen molar-refractivity contribution in [2.45, 2.75) is 127 Å². The average molecular weight is 1420 g/mol. The summed E-state index contributed by atoms with van der Waals surface area (Å²) in [7, 11) is 0. The van der Waals surface area contributed by atoms with Crippen LogP contribution in [0.25, 0.3) is 10.8 Å². The van der Waals surface area contributed by atoms with E-state index in [1.54, 1.807) is 31.7 Å². The van der Waals surface area contributed by atoms with Crippen LogP contribution in [0.5, 0.6) is 0 Å². The molecule has 34 heteroatoms. The number of urea groups is 1. The molecule has 0 radical (unpaired) electrons. The summed E-state index contributed by atoms with van der Waals surface area (Å²) in [6.45, 7) is 0.560. The van der Waals surface area contributed by atoms with Crippen LogP contribution in [0.1, 0.15) is 101 Å². The van der Waals surface area contributed by atoms with Crippen LogP contribution >= 0.6 is 0 Å². The van der Waals surface area contributed by atoms with Gasteiger partial charge in [-0.15, -0.1) is 0 Å². The van der Waals surface area contributed by atoms with Gasteiger partial charge in [-0.1, -0.05) is 54.6 Å². The Morgan fingerprint density at radius 2 is 0.970 bits per heavy atom. The summed E-state index contributed by atoms with van der Waals surface area (Å²) >= 11 is 0. The highest BCUT2D eigenvalue weighted by Gasteiger charge is 2.32. The number of amides is 8. The second-order valence-corrected chi connectivity index (χ2v) is 25.3. The first kappa shape index (κ1) is 81.7. The van der Waals surface area contributed by atoms with Gasteiger partial charge in [-0.05, 0) is 111 Å². The minimum atomic E-state index is -1.58. The summed E-state index contributed by atoms with van der Waals surface area (Å²) in [4.78, 5) is 181. The molecule has 1 saturated heterocycles. The predicted octanol–water partition coefficient (Wildman–Crippen LogP) is 0.441. The molecule has 1 heterocycles. The molecule has 8 amide bonds. The zero-order valence-corrected chi connectivity index (χ0v) is 56.5. The summed E-state index contributed by atoms with van der Waals surface area (Å²) in [5.74, 6) is -10.9. The summed E-state index contributed by atoms with van der Waals surface area (Å²) in [6.07, 6.45) is 2.97. The molecule has 3 aromatic rings. The van der Waals surface area contributed by atoms with Crippen molar-refractivity contribution in [3.05, 3.63) is 88.0 Å². The first-order chi connectivity index (χ1) is 48.2. The van der Waals surface area contributed by atoms with E-state index >= 15 is 0 Å². The Bertz CT molecular complexity index is 3280. The number of nitro benzene ring substituents is 1. The molecule has 4 atom stereocenters. The van der Waals surface area contributed by atoms with E-state index in [1.807, 2.05) is 42.5 Å². The Morgan fingerprint density at radius 1 is 0.465 bits per heavy atom. The molecular weight excluding hydrogens is 1320 g/mol. The van der Waals surface area contributed by atoms with Gasteiger partial charge in [0.1, 0.15) is 24.2 Å². The number of hydrogen-bond acceptors (Lipinski definition) is 19. The number of carboxylic acid groups (broad SMARTS) is 6. The van der Waals surface area contributed by atoms with Gasteiger partial charge < -0.3 is 73.2 Å². The average Bonchev–Trinajstić information content (AvgIpc) is 0.836. The van der Waals surface area contributed by atoms with Crippen molar-refractivity contribution in [3.63, 3.8) is 0 Å². The summed E-state index contributed by atoms with van der Waals surface area (Å²) in [5.41, 5.74) is 1.47. The van der Waals surface area contributed by atoms with E-state index in [9.17, 15) is 98.0 Å². The zero-order chi connectivity index (χ0) is 73.8. The molecule has 1 saturated carbocycles. The quantitative estimate of drug-likeness (QED) is 0.0208. The molecule has 1 aliphatic carbocycles. The highest BCUT2D eigenvalue weighted by Crippen LogP contribution is 2.29. The Balaban J connectivity index is 1.16. The molecule has 554 valence electrons. The molecule has 5 rings (SSSR count). The number of aryl methyl sites for hydroxylation is 1. The maximum absolute atomic E-state index is 14.1. The van der Waals surface area contributed by atoms with E-state index in [4.69, 9.17) is 5.11 Å². The van der Waals surface area contributed by atoms with E-state index in [-0.39, 0.29) is 160 Å². The van der Waals surface area contributed by atoms with E-state index in [0.29, 0.717) is 51.4 Å². The number of nitro groups is 1. The Hall–Kier alpha value is -9.93. The molecule has 0 spiro atoms. The van der Waals surface area contributed by atoms with E-state index < -0.39 is 120 Å². The fourth-order valence-corrected chi connectivity index (χ4v) is 11.8. The SMILES string of the molecule is O=C(O)CC[C@H](NC(=O)N[C@@H](CCCCNC(=O)[C@@H](Cc1ccc2ccccc2c1)NC(=O)C1CCC(CNC(=O)[C@H](CCCCNC(=O)CN2CCN(CC(=O)O)CCN(CC(=O)O)CCN(CC(=O)O)CC2)NC(=O)CNC(=O)CCCc2ccc([N+](=O)[O-])cc2)CC1)C(=O)O)C(=O)O. The van der Waals surface area contributed by atoms with Crippen LogP contribution < -0.4 is 42.5 Å². The lowest BCUT2D eigenvalue weighted by Crippen LogP contribution is -2.51. The van der Waals surface area contributed by atoms with Crippen LogP contribution in [0.3, 0.4) is 0 Å². The van der Waals surface area contributed by atoms with Gasteiger partial charge in [0, 0.05) is 109 Å². The molecule has 0 aromatic heterocycles. The van der Waals surface area contributed by atoms with Crippen LogP contribution in [0.15, 0.2) is 66.7 Å². The number of unbranched alkanes of at least 4 members (excludes halogenated alkanes) is 2. The lowest BCUT2D eigenvalue weighted by Gasteiger charge is -2.32. The molecule has 2 aliphatic rings. The van der Waals surface area contributed by atoms with Crippen LogP contribution in [0.2, 0.25) is 0 Å². The van der Waals surface area contributed by atoms with Crippen LogP contribution in [0, 0.1) is 22.0 Å². The monoisotopic (exact) mass is 1420 g/mol.